The molecule has 0 unspecified atom stereocenters. The zero-order valence-electron chi connectivity index (χ0n) is 20.3. The first kappa shape index (κ1) is 23.5. The van der Waals surface area contributed by atoms with Crippen molar-refractivity contribution in [2.45, 2.75) is 18.6 Å². The molecule has 0 saturated heterocycles. The van der Waals surface area contributed by atoms with E-state index in [1.165, 1.54) is 21.5 Å². The monoisotopic (exact) mass is 490 g/mol. The maximum Gasteiger partial charge on any atom is 0.143 e. The van der Waals surface area contributed by atoms with Gasteiger partial charge in [0.2, 0.25) is 0 Å². The van der Waals surface area contributed by atoms with E-state index in [1.807, 2.05) is 60.7 Å². The fraction of sp³-hybridized carbons (Fsp3) is 0.125. The van der Waals surface area contributed by atoms with Crippen molar-refractivity contribution < 1.29 is 4.57 Å². The van der Waals surface area contributed by atoms with E-state index < -0.39 is 15.2 Å². The minimum atomic E-state index is -2.91. The summed E-state index contributed by atoms with van der Waals surface area (Å²) in [7, 11) is -5.02. The van der Waals surface area contributed by atoms with Gasteiger partial charge in [0.1, 0.15) is 7.14 Å². The van der Waals surface area contributed by atoms with Gasteiger partial charge in [0.15, 0.2) is 0 Å². The Hall–Kier alpha value is -3.19. The van der Waals surface area contributed by atoms with Gasteiger partial charge in [0.25, 0.3) is 0 Å². The predicted octanol–water partition coefficient (Wildman–Crippen LogP) is 7.09. The van der Waals surface area contributed by atoms with E-state index in [0.29, 0.717) is 6.16 Å². The molecule has 0 radical (unpaired) electrons. The SMILES string of the molecule is C[Si](C)(c1ccccc1)[C@H](CP(=O)(c1ccccc1)c1ccccc1)c1cccc2ccccc12. The minimum absolute atomic E-state index is 0.169. The molecule has 0 saturated carbocycles. The molecule has 0 bridgehead atoms. The maximum atomic E-state index is 15.2. The quantitative estimate of drug-likeness (QED) is 0.176. The van der Waals surface area contributed by atoms with Gasteiger partial charge in [0, 0.05) is 16.8 Å². The van der Waals surface area contributed by atoms with Crippen molar-refractivity contribution in [1.29, 1.82) is 0 Å². The summed E-state index contributed by atoms with van der Waals surface area (Å²) in [6, 6.07) is 46.4. The summed E-state index contributed by atoms with van der Waals surface area (Å²) >= 11 is 0. The normalized spacial score (nSPS) is 13.0. The highest BCUT2D eigenvalue weighted by molar-refractivity contribution is 7.78. The van der Waals surface area contributed by atoms with Crippen molar-refractivity contribution in [3.63, 3.8) is 0 Å². The molecular formula is C32H31OPSi. The standard InChI is InChI=1S/C32H31OPSi/c1-35(2,29-21-10-5-11-22-29)32(31-24-14-16-26-15-12-13-23-30(26)31)25-34(33,27-17-6-3-7-18-27)28-19-8-4-9-20-28/h3-24,32H,25H2,1-2H3/t32-/m1/s1. The Labute approximate surface area is 209 Å². The van der Waals surface area contributed by atoms with E-state index in [-0.39, 0.29) is 5.54 Å². The molecule has 0 aromatic heterocycles. The van der Waals surface area contributed by atoms with Gasteiger partial charge >= 0.3 is 0 Å². The number of hydrogen-bond donors (Lipinski definition) is 0. The van der Waals surface area contributed by atoms with Crippen LogP contribution in [0, 0.1) is 0 Å². The van der Waals surface area contributed by atoms with Crippen molar-refractivity contribution in [3.8, 4) is 0 Å². The molecule has 35 heavy (non-hydrogen) atoms. The van der Waals surface area contributed by atoms with Gasteiger partial charge in [-0.25, -0.2) is 0 Å². The first-order chi connectivity index (χ1) is 17.0. The average Bonchev–Trinajstić information content (AvgIpc) is 2.93. The summed E-state index contributed by atoms with van der Waals surface area (Å²) in [4.78, 5) is 0. The molecule has 0 aliphatic rings. The van der Waals surface area contributed by atoms with Crippen LogP contribution in [-0.2, 0) is 4.57 Å². The number of fused-ring (bicyclic) bond motifs is 1. The summed E-state index contributed by atoms with van der Waals surface area (Å²) < 4.78 is 15.2. The van der Waals surface area contributed by atoms with Crippen LogP contribution in [0.1, 0.15) is 11.1 Å². The van der Waals surface area contributed by atoms with Crippen molar-refractivity contribution in [2.24, 2.45) is 0 Å². The van der Waals surface area contributed by atoms with Crippen LogP contribution in [0.25, 0.3) is 10.8 Å². The molecule has 5 rings (SSSR count). The van der Waals surface area contributed by atoms with Crippen LogP contribution in [0.4, 0.5) is 0 Å². The number of benzene rings is 5. The largest absolute Gasteiger partial charge is 0.314 e. The Morgan fingerprint density at radius 2 is 1.09 bits per heavy atom. The Kier molecular flexibility index (Phi) is 6.60. The Bertz CT molecular complexity index is 1410. The molecule has 5 aromatic carbocycles. The van der Waals surface area contributed by atoms with Crippen molar-refractivity contribution >= 4 is 41.8 Å². The van der Waals surface area contributed by atoms with E-state index >= 15 is 4.57 Å². The molecule has 1 atom stereocenters. The molecule has 0 heterocycles. The smallest absolute Gasteiger partial charge is 0.143 e. The van der Waals surface area contributed by atoms with Gasteiger partial charge in [-0.1, -0.05) is 152 Å². The molecule has 174 valence electrons. The Morgan fingerprint density at radius 1 is 0.600 bits per heavy atom. The molecule has 5 aromatic rings. The van der Waals surface area contributed by atoms with Crippen molar-refractivity contribution in [1.82, 2.24) is 0 Å². The van der Waals surface area contributed by atoms with E-state index in [4.69, 9.17) is 0 Å². The molecule has 1 nitrogen and oxygen atoms in total. The van der Waals surface area contributed by atoms with Crippen LogP contribution in [0.3, 0.4) is 0 Å². The molecule has 0 N–H and O–H groups in total. The first-order valence-corrected chi connectivity index (χ1v) is 17.2. The molecule has 0 spiro atoms. The molecule has 0 amide bonds. The van der Waals surface area contributed by atoms with E-state index in [0.717, 1.165) is 10.6 Å². The second kappa shape index (κ2) is 9.82. The zero-order valence-corrected chi connectivity index (χ0v) is 22.2. The van der Waals surface area contributed by atoms with Gasteiger partial charge < -0.3 is 4.57 Å². The third-order valence-corrected chi connectivity index (χ3v) is 14.9. The summed E-state index contributed by atoms with van der Waals surface area (Å²) in [5.41, 5.74) is 1.48. The minimum Gasteiger partial charge on any atom is -0.314 e. The number of hydrogen-bond acceptors (Lipinski definition) is 1. The second-order valence-corrected chi connectivity index (χ2v) is 17.4. The molecule has 0 aliphatic heterocycles. The lowest BCUT2D eigenvalue weighted by atomic mass is 10.0. The van der Waals surface area contributed by atoms with Crippen molar-refractivity contribution in [2.75, 3.05) is 6.16 Å². The summed E-state index contributed by atoms with van der Waals surface area (Å²) in [6.07, 6.45) is 0.614. The highest BCUT2D eigenvalue weighted by Gasteiger charge is 2.41. The molecular weight excluding hydrogens is 459 g/mol. The highest BCUT2D eigenvalue weighted by atomic mass is 31.2. The third kappa shape index (κ3) is 4.57. The Balaban J connectivity index is 1.75. The fourth-order valence-corrected chi connectivity index (χ4v) is 13.1. The summed E-state index contributed by atoms with van der Waals surface area (Å²) in [5.74, 6) is 0. The summed E-state index contributed by atoms with van der Waals surface area (Å²) in [5, 5.41) is 5.78. The van der Waals surface area contributed by atoms with E-state index in [1.54, 1.807) is 0 Å². The predicted molar refractivity (Wildman–Crippen MR) is 155 cm³/mol. The lowest BCUT2D eigenvalue weighted by Crippen LogP contribution is -2.49. The van der Waals surface area contributed by atoms with Crippen LogP contribution in [0.2, 0.25) is 13.1 Å². The average molecular weight is 491 g/mol. The molecule has 0 aliphatic carbocycles. The van der Waals surface area contributed by atoms with Crippen LogP contribution in [0.5, 0.6) is 0 Å². The van der Waals surface area contributed by atoms with Crippen molar-refractivity contribution in [3.05, 3.63) is 139 Å². The third-order valence-electron chi connectivity index (χ3n) is 7.37. The van der Waals surface area contributed by atoms with Gasteiger partial charge in [0.05, 0.1) is 8.07 Å². The Morgan fingerprint density at radius 3 is 1.69 bits per heavy atom. The van der Waals surface area contributed by atoms with Gasteiger partial charge in [-0.2, -0.15) is 0 Å². The van der Waals surface area contributed by atoms with Gasteiger partial charge in [-0.15, -0.1) is 0 Å². The lowest BCUT2D eigenvalue weighted by Gasteiger charge is -2.37. The lowest BCUT2D eigenvalue weighted by molar-refractivity contribution is 0.586. The van der Waals surface area contributed by atoms with Gasteiger partial charge in [-0.3, -0.25) is 0 Å². The van der Waals surface area contributed by atoms with Crippen LogP contribution in [-0.4, -0.2) is 14.2 Å². The first-order valence-electron chi connectivity index (χ1n) is 12.2. The van der Waals surface area contributed by atoms with Crippen LogP contribution < -0.4 is 15.8 Å². The fourth-order valence-electron chi connectivity index (χ4n) is 5.29. The zero-order chi connectivity index (χ0) is 24.3. The molecule has 0 fully saturated rings. The molecule has 3 heteroatoms. The summed E-state index contributed by atoms with van der Waals surface area (Å²) in [6.45, 7) is 4.88. The maximum absolute atomic E-state index is 15.2. The van der Waals surface area contributed by atoms with E-state index in [2.05, 4.69) is 85.9 Å². The number of rotatable bonds is 7. The van der Waals surface area contributed by atoms with Gasteiger partial charge in [-0.05, 0) is 21.9 Å². The topological polar surface area (TPSA) is 17.1 Å². The van der Waals surface area contributed by atoms with Crippen LogP contribution in [0.15, 0.2) is 133 Å². The van der Waals surface area contributed by atoms with E-state index in [9.17, 15) is 0 Å². The van der Waals surface area contributed by atoms with Crippen LogP contribution >= 0.6 is 7.14 Å². The highest BCUT2D eigenvalue weighted by Crippen LogP contribution is 2.50. The second-order valence-electron chi connectivity index (χ2n) is 9.80.